The fourth-order valence-electron chi connectivity index (χ4n) is 9.58. The van der Waals surface area contributed by atoms with Crippen LogP contribution in [0, 0.1) is 0 Å². The van der Waals surface area contributed by atoms with Gasteiger partial charge in [0.15, 0.2) is 5.12 Å². The molecule has 0 spiro atoms. The first kappa shape index (κ1) is 67.1. The first-order valence-corrected chi connectivity index (χ1v) is 33.7. The van der Waals surface area contributed by atoms with Gasteiger partial charge in [0.05, 0.1) is 6.61 Å². The van der Waals surface area contributed by atoms with Crippen LogP contribution in [-0.2, 0) is 18.1 Å². The molecule has 0 saturated carbocycles. The highest BCUT2D eigenvalue weighted by Gasteiger charge is 2.41. The molecule has 0 rings (SSSR count). The Morgan fingerprint density at radius 3 is 1.01 bits per heavy atom. The van der Waals surface area contributed by atoms with E-state index >= 15 is 0 Å². The lowest BCUT2D eigenvalue weighted by atomic mass is 10.0. The first-order chi connectivity index (χ1) is 33.1. The fourth-order valence-corrected chi connectivity index (χ4v) is 13.3. The highest BCUT2D eigenvalue weighted by molar-refractivity contribution is 8.13. The van der Waals surface area contributed by atoms with Gasteiger partial charge in [0.2, 0.25) is 0 Å². The van der Waals surface area contributed by atoms with Gasteiger partial charge in [-0.1, -0.05) is 309 Å². The number of likely N-dealkylation sites (N-methyl/N-ethyl adjacent to an activating group) is 1. The van der Waals surface area contributed by atoms with Crippen LogP contribution in [0.3, 0.4) is 0 Å². The molecule has 7 heteroatoms. The van der Waals surface area contributed by atoms with Crippen molar-refractivity contribution in [3.8, 4) is 0 Å². The van der Waals surface area contributed by atoms with E-state index in [-0.39, 0.29) is 0 Å². The molecule has 0 aromatic carbocycles. The Morgan fingerprint density at radius 2 is 0.687 bits per heavy atom. The Morgan fingerprint density at radius 1 is 0.388 bits per heavy atom. The standard InChI is InChI=1S/C60H123NO4SSi/c1-6-10-14-18-22-26-28-30-31-32-34-35-37-39-43-47-52-59(61-5)58-65-67(63-54-49-45-41-24-20-16-12-8-3,64-55-50-46-42-25-21-17-13-9-4)57-51-56-66-60(62)53-48-44-40-38-36-33-29-27-23-19-15-11-7-2/h59,61H,6-58H2,1-5H3. The molecule has 0 aliphatic carbocycles. The number of carbonyl (C=O) groups is 1. The topological polar surface area (TPSA) is 56.8 Å². The number of unbranched alkanes of at least 4 members (excludes halogenated alkanes) is 41. The van der Waals surface area contributed by atoms with Crippen LogP contribution in [0.1, 0.15) is 336 Å². The Labute approximate surface area is 427 Å². The number of hydrogen-bond acceptors (Lipinski definition) is 6. The van der Waals surface area contributed by atoms with Crippen LogP contribution >= 0.6 is 11.8 Å². The summed E-state index contributed by atoms with van der Waals surface area (Å²) >= 11 is 1.55. The first-order valence-electron chi connectivity index (χ1n) is 30.8. The number of rotatable bonds is 59. The zero-order chi connectivity index (χ0) is 48.7. The number of hydrogen-bond donors (Lipinski definition) is 1. The quantitative estimate of drug-likeness (QED) is 0.0484. The molecule has 1 atom stereocenters. The molecule has 0 fully saturated rings. The summed E-state index contributed by atoms with van der Waals surface area (Å²) < 4.78 is 20.8. The van der Waals surface area contributed by atoms with Gasteiger partial charge in [0.25, 0.3) is 0 Å². The lowest BCUT2D eigenvalue weighted by molar-refractivity contribution is -0.111. The number of nitrogens with one attached hydrogen (secondary N) is 1. The lowest BCUT2D eigenvalue weighted by Gasteiger charge is -2.32. The average Bonchev–Trinajstić information content (AvgIpc) is 3.34. The van der Waals surface area contributed by atoms with Gasteiger partial charge < -0.3 is 18.6 Å². The van der Waals surface area contributed by atoms with Crippen LogP contribution in [0.4, 0.5) is 0 Å². The molecule has 1 N–H and O–H groups in total. The van der Waals surface area contributed by atoms with Gasteiger partial charge in [0.1, 0.15) is 0 Å². The molecule has 0 aromatic rings. The summed E-state index contributed by atoms with van der Waals surface area (Å²) in [6.45, 7) is 11.3. The van der Waals surface area contributed by atoms with Crippen LogP contribution in [-0.4, -0.2) is 52.6 Å². The van der Waals surface area contributed by atoms with Gasteiger partial charge in [-0.15, -0.1) is 0 Å². The third kappa shape index (κ3) is 50.8. The monoisotopic (exact) mass is 982 g/mol. The van der Waals surface area contributed by atoms with E-state index in [1.807, 2.05) is 0 Å². The van der Waals surface area contributed by atoms with Gasteiger partial charge in [0, 0.05) is 37.5 Å². The maximum atomic E-state index is 13.0. The SMILES string of the molecule is CCCCCCCCCCCCCCCCCCC(CO[Si](CCCSC(=O)CCCCCCCCCCCCCCC)(OCCCCCCCCCC)OCCCCCCCCCC)NC. The minimum Gasteiger partial charge on any atom is -0.373 e. The van der Waals surface area contributed by atoms with E-state index in [4.69, 9.17) is 13.3 Å². The molecule has 0 heterocycles. The molecule has 0 bridgehead atoms. The van der Waals surface area contributed by atoms with E-state index in [1.165, 1.54) is 270 Å². The summed E-state index contributed by atoms with van der Waals surface area (Å²) in [5.74, 6) is 0.840. The van der Waals surface area contributed by atoms with Crippen molar-refractivity contribution in [3.05, 3.63) is 0 Å². The smallest absolute Gasteiger partial charge is 0.373 e. The zero-order valence-corrected chi connectivity index (χ0v) is 48.4. The van der Waals surface area contributed by atoms with Gasteiger partial charge in [-0.3, -0.25) is 4.79 Å². The average molecular weight is 983 g/mol. The summed E-state index contributed by atoms with van der Waals surface area (Å²) in [5, 5.41) is 3.97. The van der Waals surface area contributed by atoms with Gasteiger partial charge >= 0.3 is 8.80 Å². The summed E-state index contributed by atoms with van der Waals surface area (Å²) in [7, 11) is -0.832. The van der Waals surface area contributed by atoms with Crippen molar-refractivity contribution in [2.24, 2.45) is 0 Å². The molecule has 0 radical (unpaired) electrons. The van der Waals surface area contributed by atoms with E-state index in [0.717, 1.165) is 57.1 Å². The van der Waals surface area contributed by atoms with Crippen LogP contribution in [0.5, 0.6) is 0 Å². The maximum Gasteiger partial charge on any atom is 0.501 e. The molecule has 0 aromatic heterocycles. The minimum absolute atomic E-state index is 0.313. The second kappa shape index (κ2) is 57.0. The van der Waals surface area contributed by atoms with Crippen LogP contribution in [0.25, 0.3) is 0 Å². The van der Waals surface area contributed by atoms with E-state index in [1.54, 1.807) is 11.8 Å². The third-order valence-electron chi connectivity index (χ3n) is 14.3. The van der Waals surface area contributed by atoms with E-state index < -0.39 is 8.80 Å². The number of thioether (sulfide) groups is 1. The second-order valence-electron chi connectivity index (χ2n) is 21.0. The Kier molecular flexibility index (Phi) is 57.0. The van der Waals surface area contributed by atoms with Crippen molar-refractivity contribution in [3.63, 3.8) is 0 Å². The molecule has 402 valence electrons. The Hall–Kier alpha value is 0.0769. The molecule has 0 amide bonds. The van der Waals surface area contributed by atoms with Gasteiger partial charge in [-0.05, 0) is 39.2 Å². The molecule has 5 nitrogen and oxygen atoms in total. The highest BCUT2D eigenvalue weighted by atomic mass is 32.2. The Balaban J connectivity index is 5.01. The van der Waals surface area contributed by atoms with E-state index in [2.05, 4.69) is 40.1 Å². The van der Waals surface area contributed by atoms with E-state index in [9.17, 15) is 4.79 Å². The molecule has 0 aliphatic rings. The van der Waals surface area contributed by atoms with Crippen molar-refractivity contribution in [2.45, 2.75) is 348 Å². The predicted octanol–water partition coefficient (Wildman–Crippen LogP) is 20.6. The van der Waals surface area contributed by atoms with Crippen molar-refractivity contribution in [1.82, 2.24) is 5.32 Å². The fraction of sp³-hybridized carbons (Fsp3) is 0.983. The van der Waals surface area contributed by atoms with Crippen LogP contribution in [0.15, 0.2) is 0 Å². The predicted molar refractivity (Wildman–Crippen MR) is 303 cm³/mol. The molecule has 0 saturated heterocycles. The highest BCUT2D eigenvalue weighted by Crippen LogP contribution is 2.25. The summed E-state index contributed by atoms with van der Waals surface area (Å²) in [6.07, 6.45) is 63.2. The molecule has 0 aliphatic heterocycles. The molecule has 1 unspecified atom stereocenters. The molecular weight excluding hydrogens is 859 g/mol. The molecular formula is C60H123NO4SSi. The summed E-state index contributed by atoms with van der Waals surface area (Å²) in [4.78, 5) is 13.0. The minimum atomic E-state index is -2.94. The summed E-state index contributed by atoms with van der Waals surface area (Å²) in [5.41, 5.74) is 0. The molecule has 67 heavy (non-hydrogen) atoms. The van der Waals surface area contributed by atoms with Crippen molar-refractivity contribution in [1.29, 1.82) is 0 Å². The Bertz CT molecular complexity index is 920. The van der Waals surface area contributed by atoms with Gasteiger partial charge in [-0.2, -0.15) is 0 Å². The van der Waals surface area contributed by atoms with Crippen LogP contribution < -0.4 is 5.32 Å². The number of carbonyl (C=O) groups excluding carboxylic acids is 1. The second-order valence-corrected chi connectivity index (χ2v) is 24.9. The van der Waals surface area contributed by atoms with Crippen molar-refractivity contribution in [2.75, 3.05) is 32.6 Å². The largest absolute Gasteiger partial charge is 0.501 e. The maximum absolute atomic E-state index is 13.0. The zero-order valence-electron chi connectivity index (χ0n) is 46.6. The summed E-state index contributed by atoms with van der Waals surface area (Å²) in [6, 6.07) is 1.13. The van der Waals surface area contributed by atoms with Crippen molar-refractivity contribution >= 4 is 25.7 Å². The normalized spacial score (nSPS) is 12.4. The lowest BCUT2D eigenvalue weighted by Crippen LogP contribution is -2.49. The van der Waals surface area contributed by atoms with E-state index in [0.29, 0.717) is 24.2 Å². The van der Waals surface area contributed by atoms with Crippen LogP contribution in [0.2, 0.25) is 6.04 Å². The van der Waals surface area contributed by atoms with Crippen molar-refractivity contribution < 1.29 is 18.1 Å². The van der Waals surface area contributed by atoms with Gasteiger partial charge in [-0.25, -0.2) is 0 Å². The third-order valence-corrected chi connectivity index (χ3v) is 18.2.